The lowest BCUT2D eigenvalue weighted by molar-refractivity contribution is -0.132. The van der Waals surface area contributed by atoms with Gasteiger partial charge in [0.2, 0.25) is 11.8 Å². The van der Waals surface area contributed by atoms with Crippen LogP contribution in [0.1, 0.15) is 36.0 Å². The van der Waals surface area contributed by atoms with Gasteiger partial charge in [-0.3, -0.25) is 14.4 Å². The fourth-order valence-electron chi connectivity index (χ4n) is 3.77. The van der Waals surface area contributed by atoms with Gasteiger partial charge in [-0.1, -0.05) is 18.2 Å². The molecule has 0 atom stereocenters. The first-order valence-corrected chi connectivity index (χ1v) is 10.3. The molecule has 2 heterocycles. The van der Waals surface area contributed by atoms with E-state index in [0.29, 0.717) is 38.0 Å². The number of likely N-dealkylation sites (tertiary alicyclic amines) is 1. The number of benzene rings is 1. The first kappa shape index (κ1) is 20.3. The van der Waals surface area contributed by atoms with Gasteiger partial charge in [-0.05, 0) is 25.0 Å². The maximum absolute atomic E-state index is 12.9. The summed E-state index contributed by atoms with van der Waals surface area (Å²) < 4.78 is 0. The van der Waals surface area contributed by atoms with Crippen molar-refractivity contribution in [1.29, 1.82) is 0 Å². The predicted octanol–water partition coefficient (Wildman–Crippen LogP) is 0.963. The first-order valence-electron chi connectivity index (χ1n) is 10.3. The Kier molecular flexibility index (Phi) is 7.42. The molecule has 0 aliphatic carbocycles. The Morgan fingerprint density at radius 2 is 1.79 bits per heavy atom. The van der Waals surface area contributed by atoms with E-state index in [2.05, 4.69) is 5.32 Å². The number of nitrogens with zero attached hydrogens (tertiary/aromatic N) is 3. The average molecular weight is 386 g/mol. The number of rotatable bonds is 8. The van der Waals surface area contributed by atoms with Crippen molar-refractivity contribution in [2.45, 2.75) is 25.7 Å². The molecule has 7 nitrogen and oxygen atoms in total. The second-order valence-corrected chi connectivity index (χ2v) is 7.38. The zero-order valence-electron chi connectivity index (χ0n) is 16.4. The average Bonchev–Trinajstić information content (AvgIpc) is 3.15. The molecule has 1 aromatic carbocycles. The fourth-order valence-corrected chi connectivity index (χ4v) is 3.77. The number of amides is 3. The van der Waals surface area contributed by atoms with Gasteiger partial charge in [0.05, 0.1) is 0 Å². The van der Waals surface area contributed by atoms with Crippen LogP contribution in [-0.2, 0) is 9.59 Å². The van der Waals surface area contributed by atoms with E-state index >= 15 is 0 Å². The summed E-state index contributed by atoms with van der Waals surface area (Å²) in [6.07, 6.45) is 2.61. The van der Waals surface area contributed by atoms with Crippen LogP contribution < -0.4 is 5.32 Å². The molecule has 2 aliphatic heterocycles. The van der Waals surface area contributed by atoms with Gasteiger partial charge in [0.15, 0.2) is 0 Å². The van der Waals surface area contributed by atoms with Crippen molar-refractivity contribution in [1.82, 2.24) is 20.0 Å². The number of nitrogens with one attached hydrogen (secondary N) is 1. The zero-order valence-corrected chi connectivity index (χ0v) is 16.4. The summed E-state index contributed by atoms with van der Waals surface area (Å²) in [6, 6.07) is 9.18. The van der Waals surface area contributed by atoms with E-state index in [1.54, 1.807) is 17.0 Å². The van der Waals surface area contributed by atoms with Crippen LogP contribution in [0.5, 0.6) is 0 Å². The molecule has 2 saturated heterocycles. The molecule has 2 fully saturated rings. The molecule has 3 rings (SSSR count). The second kappa shape index (κ2) is 10.2. The quantitative estimate of drug-likeness (QED) is 0.722. The van der Waals surface area contributed by atoms with Crippen LogP contribution in [0.3, 0.4) is 0 Å². The monoisotopic (exact) mass is 386 g/mol. The van der Waals surface area contributed by atoms with Crippen LogP contribution in [-0.4, -0.2) is 84.8 Å². The van der Waals surface area contributed by atoms with Gasteiger partial charge < -0.3 is 20.0 Å². The summed E-state index contributed by atoms with van der Waals surface area (Å²) in [5.74, 6) is 0.248. The van der Waals surface area contributed by atoms with Gasteiger partial charge >= 0.3 is 0 Å². The molecule has 0 bridgehead atoms. The third-order valence-corrected chi connectivity index (χ3v) is 5.40. The lowest BCUT2D eigenvalue weighted by Crippen LogP contribution is -2.47. The topological polar surface area (TPSA) is 73.0 Å². The van der Waals surface area contributed by atoms with E-state index in [-0.39, 0.29) is 17.7 Å². The summed E-state index contributed by atoms with van der Waals surface area (Å²) in [5.41, 5.74) is 0.634. The maximum atomic E-state index is 12.9. The van der Waals surface area contributed by atoms with Crippen LogP contribution in [0.15, 0.2) is 30.3 Å². The van der Waals surface area contributed by atoms with Crippen molar-refractivity contribution in [2.75, 3.05) is 52.4 Å². The van der Waals surface area contributed by atoms with E-state index in [9.17, 15) is 14.4 Å². The highest BCUT2D eigenvalue weighted by molar-refractivity contribution is 5.94. The number of hydrogen-bond donors (Lipinski definition) is 1. The summed E-state index contributed by atoms with van der Waals surface area (Å²) in [6.45, 7) is 5.53. The summed E-state index contributed by atoms with van der Waals surface area (Å²) in [4.78, 5) is 42.7. The molecule has 152 valence electrons. The number of piperazine rings is 1. The van der Waals surface area contributed by atoms with Crippen molar-refractivity contribution in [3.8, 4) is 0 Å². The molecule has 7 heteroatoms. The zero-order chi connectivity index (χ0) is 19.8. The van der Waals surface area contributed by atoms with Crippen molar-refractivity contribution >= 4 is 17.7 Å². The number of hydrogen-bond acceptors (Lipinski definition) is 4. The molecule has 1 aromatic rings. The van der Waals surface area contributed by atoms with Gasteiger partial charge in [-0.25, -0.2) is 0 Å². The van der Waals surface area contributed by atoms with Crippen LogP contribution in [0.4, 0.5) is 0 Å². The molecule has 0 spiro atoms. The minimum absolute atomic E-state index is 0.0542. The third kappa shape index (κ3) is 5.55. The normalized spacial score (nSPS) is 17.1. The second-order valence-electron chi connectivity index (χ2n) is 7.38. The molecular weight excluding hydrogens is 356 g/mol. The number of carbonyl (C=O) groups is 3. The number of carbonyl (C=O) groups excluding carboxylic acids is 3. The Bertz CT molecular complexity index is 673. The highest BCUT2D eigenvalue weighted by Crippen LogP contribution is 2.12. The van der Waals surface area contributed by atoms with Gasteiger partial charge in [0, 0.05) is 70.8 Å². The first-order chi connectivity index (χ1) is 13.6. The van der Waals surface area contributed by atoms with Crippen molar-refractivity contribution in [3.05, 3.63) is 35.9 Å². The van der Waals surface area contributed by atoms with E-state index < -0.39 is 0 Å². The Labute approximate surface area is 166 Å². The summed E-state index contributed by atoms with van der Waals surface area (Å²) in [7, 11) is 0. The third-order valence-electron chi connectivity index (χ3n) is 5.40. The van der Waals surface area contributed by atoms with Gasteiger partial charge in [0.25, 0.3) is 5.91 Å². The van der Waals surface area contributed by atoms with Crippen LogP contribution in [0, 0.1) is 0 Å². The highest BCUT2D eigenvalue weighted by Gasteiger charge is 2.22. The molecule has 2 aliphatic rings. The minimum atomic E-state index is -0.0542. The molecule has 1 N–H and O–H groups in total. The van der Waals surface area contributed by atoms with E-state index in [1.165, 1.54) is 0 Å². The van der Waals surface area contributed by atoms with Gasteiger partial charge in [-0.2, -0.15) is 0 Å². The molecule has 0 aromatic heterocycles. The fraction of sp³-hybridized carbons (Fsp3) is 0.571. The Balaban J connectivity index is 1.56. The van der Waals surface area contributed by atoms with E-state index in [0.717, 1.165) is 45.6 Å². The highest BCUT2D eigenvalue weighted by atomic mass is 16.2. The standard InChI is InChI=1S/C21H30N4O3/c26-19-8-4-12-23(19)13-5-14-25(21(28)18-6-2-1-3-7-18)15-9-20(27)24-16-10-22-11-17-24/h1-3,6-7,22H,4-5,8-17H2. The lowest BCUT2D eigenvalue weighted by Gasteiger charge is -2.29. The van der Waals surface area contributed by atoms with Crippen LogP contribution in [0.25, 0.3) is 0 Å². The Morgan fingerprint density at radius 3 is 2.46 bits per heavy atom. The molecule has 0 unspecified atom stereocenters. The van der Waals surface area contributed by atoms with Crippen LogP contribution >= 0.6 is 0 Å². The van der Waals surface area contributed by atoms with Crippen molar-refractivity contribution < 1.29 is 14.4 Å². The van der Waals surface area contributed by atoms with Gasteiger partial charge in [0.1, 0.15) is 0 Å². The van der Waals surface area contributed by atoms with Crippen LogP contribution in [0.2, 0.25) is 0 Å². The predicted molar refractivity (Wildman–Crippen MR) is 107 cm³/mol. The summed E-state index contributed by atoms with van der Waals surface area (Å²) >= 11 is 0. The minimum Gasteiger partial charge on any atom is -0.343 e. The molecular formula is C21H30N4O3. The SMILES string of the molecule is O=C1CCCN1CCCN(CCC(=O)N1CCNCC1)C(=O)c1ccccc1. The molecule has 28 heavy (non-hydrogen) atoms. The molecule has 3 amide bonds. The van der Waals surface area contributed by atoms with Gasteiger partial charge in [-0.15, -0.1) is 0 Å². The maximum Gasteiger partial charge on any atom is 0.253 e. The summed E-state index contributed by atoms with van der Waals surface area (Å²) in [5, 5.41) is 3.24. The lowest BCUT2D eigenvalue weighted by atomic mass is 10.2. The van der Waals surface area contributed by atoms with Crippen molar-refractivity contribution in [2.24, 2.45) is 0 Å². The molecule has 0 radical (unpaired) electrons. The van der Waals surface area contributed by atoms with Crippen molar-refractivity contribution in [3.63, 3.8) is 0 Å². The largest absolute Gasteiger partial charge is 0.343 e. The Morgan fingerprint density at radius 1 is 1.04 bits per heavy atom. The smallest absolute Gasteiger partial charge is 0.253 e. The Hall–Kier alpha value is -2.41. The van der Waals surface area contributed by atoms with E-state index in [1.807, 2.05) is 28.0 Å². The van der Waals surface area contributed by atoms with E-state index in [4.69, 9.17) is 0 Å². The molecule has 0 saturated carbocycles.